The maximum Gasteiger partial charge on any atom is 0.319 e. The van der Waals surface area contributed by atoms with E-state index in [1.807, 2.05) is 0 Å². The lowest BCUT2D eigenvalue weighted by atomic mass is 9.58. The Morgan fingerprint density at radius 1 is 1.27 bits per heavy atom. The number of fused-ring (bicyclic) bond motifs is 1. The highest BCUT2D eigenvalue weighted by molar-refractivity contribution is 6.10. The summed E-state index contributed by atoms with van der Waals surface area (Å²) >= 11 is 0. The zero-order valence-corrected chi connectivity index (χ0v) is 13.2. The van der Waals surface area contributed by atoms with Crippen LogP contribution in [0.15, 0.2) is 0 Å². The Hall–Kier alpha value is -1.43. The number of nitrogens with zero attached hydrogens (tertiary/aromatic N) is 1. The van der Waals surface area contributed by atoms with Gasteiger partial charge in [0.25, 0.3) is 0 Å². The predicted octanol–water partition coefficient (Wildman–Crippen LogP) is 1.07. The molecule has 1 saturated carbocycles. The van der Waals surface area contributed by atoms with Gasteiger partial charge in [0.1, 0.15) is 17.1 Å². The van der Waals surface area contributed by atoms with Crippen molar-refractivity contribution in [3.63, 3.8) is 0 Å². The van der Waals surface area contributed by atoms with Gasteiger partial charge in [0.2, 0.25) is 0 Å². The van der Waals surface area contributed by atoms with Crippen molar-refractivity contribution in [3.8, 4) is 0 Å². The number of hydrogen-bond acceptors (Lipinski definition) is 6. The Bertz CT molecular complexity index is 519. The Morgan fingerprint density at radius 2 is 2.05 bits per heavy atom. The molecule has 0 aromatic heterocycles. The van der Waals surface area contributed by atoms with Gasteiger partial charge in [-0.2, -0.15) is 0 Å². The third-order valence-electron chi connectivity index (χ3n) is 5.53. The number of esters is 2. The fourth-order valence-corrected chi connectivity index (χ4v) is 4.61. The SMILES string of the molecule is CCOC(=O)[C@@]12CC[C@@H](OC(C)=O)[C@]3(CCCN3CC1)C2=O. The molecule has 3 aliphatic rings. The van der Waals surface area contributed by atoms with E-state index in [0.29, 0.717) is 32.2 Å². The van der Waals surface area contributed by atoms with Gasteiger partial charge in [-0.05, 0) is 45.6 Å². The average molecular weight is 309 g/mol. The Balaban J connectivity index is 1.99. The van der Waals surface area contributed by atoms with E-state index >= 15 is 0 Å². The van der Waals surface area contributed by atoms with E-state index < -0.39 is 23.0 Å². The monoisotopic (exact) mass is 309 g/mol. The Morgan fingerprint density at radius 3 is 2.73 bits per heavy atom. The lowest BCUT2D eigenvalue weighted by Gasteiger charge is -2.54. The van der Waals surface area contributed by atoms with Gasteiger partial charge in [0.15, 0.2) is 5.78 Å². The van der Waals surface area contributed by atoms with Crippen molar-refractivity contribution >= 4 is 17.7 Å². The molecule has 6 heteroatoms. The van der Waals surface area contributed by atoms with E-state index in [2.05, 4.69) is 4.90 Å². The fourth-order valence-electron chi connectivity index (χ4n) is 4.61. The van der Waals surface area contributed by atoms with Crippen LogP contribution < -0.4 is 0 Å². The molecule has 2 heterocycles. The van der Waals surface area contributed by atoms with Crippen LogP contribution in [0, 0.1) is 5.41 Å². The molecule has 22 heavy (non-hydrogen) atoms. The molecule has 0 unspecified atom stereocenters. The van der Waals surface area contributed by atoms with Crippen molar-refractivity contribution in [3.05, 3.63) is 0 Å². The van der Waals surface area contributed by atoms with E-state index in [4.69, 9.17) is 9.47 Å². The summed E-state index contributed by atoms with van der Waals surface area (Å²) in [5.74, 6) is -0.847. The smallest absolute Gasteiger partial charge is 0.319 e. The third kappa shape index (κ3) is 1.93. The first-order chi connectivity index (χ1) is 10.5. The molecular weight excluding hydrogens is 286 g/mol. The molecule has 0 aromatic rings. The van der Waals surface area contributed by atoms with Crippen LogP contribution in [-0.2, 0) is 23.9 Å². The predicted molar refractivity (Wildman–Crippen MR) is 77.0 cm³/mol. The number of ether oxygens (including phenoxy) is 2. The fraction of sp³-hybridized carbons (Fsp3) is 0.812. The summed E-state index contributed by atoms with van der Waals surface area (Å²) in [6.45, 7) is 4.91. The quantitative estimate of drug-likeness (QED) is 0.573. The summed E-state index contributed by atoms with van der Waals surface area (Å²) in [5, 5.41) is 0. The lowest BCUT2D eigenvalue weighted by molar-refractivity contribution is -0.188. The topological polar surface area (TPSA) is 72.9 Å². The van der Waals surface area contributed by atoms with Gasteiger partial charge < -0.3 is 9.47 Å². The highest BCUT2D eigenvalue weighted by Crippen LogP contribution is 2.53. The number of carbonyl (C=O) groups excluding carboxylic acids is 3. The number of ketones is 1. The highest BCUT2D eigenvalue weighted by atomic mass is 16.5. The van der Waals surface area contributed by atoms with Crippen LogP contribution in [0.1, 0.15) is 46.0 Å². The van der Waals surface area contributed by atoms with Gasteiger partial charge in [-0.1, -0.05) is 0 Å². The van der Waals surface area contributed by atoms with Crippen LogP contribution in [0.25, 0.3) is 0 Å². The first kappa shape index (κ1) is 15.5. The second-order valence-electron chi connectivity index (χ2n) is 6.53. The summed E-state index contributed by atoms with van der Waals surface area (Å²) in [7, 11) is 0. The normalized spacial score (nSPS) is 37.5. The van der Waals surface area contributed by atoms with Gasteiger partial charge in [-0.15, -0.1) is 0 Å². The minimum Gasteiger partial charge on any atom is -0.465 e. The molecule has 1 aliphatic carbocycles. The molecule has 2 bridgehead atoms. The number of piperidine rings is 1. The molecule has 3 rings (SSSR count). The van der Waals surface area contributed by atoms with E-state index in [-0.39, 0.29) is 18.4 Å². The molecule has 3 fully saturated rings. The highest BCUT2D eigenvalue weighted by Gasteiger charge is 2.68. The molecule has 2 aliphatic heterocycles. The standard InChI is InChI=1S/C16H23NO5/c1-3-21-14(20)15-7-5-12(22-11(2)18)16(13(15)19)6-4-9-17(16)10-8-15/h12H,3-10H2,1-2H3/t12-,15+,16-/m1/s1. The summed E-state index contributed by atoms with van der Waals surface area (Å²) in [6.07, 6.45) is 2.58. The number of hydrogen-bond donors (Lipinski definition) is 0. The van der Waals surface area contributed by atoms with Crippen LogP contribution in [0.4, 0.5) is 0 Å². The van der Waals surface area contributed by atoms with Gasteiger partial charge in [0.05, 0.1) is 6.61 Å². The summed E-state index contributed by atoms with van der Waals surface area (Å²) < 4.78 is 10.7. The molecule has 0 radical (unpaired) electrons. The largest absolute Gasteiger partial charge is 0.465 e. The molecule has 0 amide bonds. The molecule has 0 aromatic carbocycles. The minimum absolute atomic E-state index is 0.0836. The van der Waals surface area contributed by atoms with Crippen molar-refractivity contribution in [2.75, 3.05) is 19.7 Å². The van der Waals surface area contributed by atoms with E-state index in [0.717, 1.165) is 13.0 Å². The second-order valence-corrected chi connectivity index (χ2v) is 6.53. The Labute approximate surface area is 130 Å². The lowest BCUT2D eigenvalue weighted by Crippen LogP contribution is -2.72. The minimum atomic E-state index is -1.03. The third-order valence-corrected chi connectivity index (χ3v) is 5.53. The Kier molecular flexibility index (Phi) is 3.75. The van der Waals surface area contributed by atoms with E-state index in [1.54, 1.807) is 6.92 Å². The number of rotatable bonds is 3. The summed E-state index contributed by atoms with van der Waals surface area (Å²) in [5.41, 5.74) is -1.84. The van der Waals surface area contributed by atoms with Gasteiger partial charge in [0, 0.05) is 13.5 Å². The first-order valence-electron chi connectivity index (χ1n) is 8.12. The van der Waals surface area contributed by atoms with Gasteiger partial charge >= 0.3 is 11.9 Å². The van der Waals surface area contributed by atoms with E-state index in [1.165, 1.54) is 6.92 Å². The van der Waals surface area contributed by atoms with Gasteiger partial charge in [-0.25, -0.2) is 0 Å². The van der Waals surface area contributed by atoms with Crippen molar-refractivity contribution in [1.82, 2.24) is 4.90 Å². The molecule has 122 valence electrons. The van der Waals surface area contributed by atoms with Crippen molar-refractivity contribution in [1.29, 1.82) is 0 Å². The molecule has 6 nitrogen and oxygen atoms in total. The zero-order valence-electron chi connectivity index (χ0n) is 13.2. The van der Waals surface area contributed by atoms with Crippen LogP contribution in [0.2, 0.25) is 0 Å². The molecule has 3 atom stereocenters. The maximum absolute atomic E-state index is 13.3. The molecule has 2 saturated heterocycles. The summed E-state index contributed by atoms with van der Waals surface area (Å²) in [6, 6.07) is 0. The van der Waals surface area contributed by atoms with Crippen molar-refractivity contribution < 1.29 is 23.9 Å². The maximum atomic E-state index is 13.3. The number of Topliss-reactive ketones (excluding diaryl/α,β-unsaturated/α-hetero) is 1. The van der Waals surface area contributed by atoms with Crippen molar-refractivity contribution in [2.24, 2.45) is 5.41 Å². The van der Waals surface area contributed by atoms with Gasteiger partial charge in [-0.3, -0.25) is 19.3 Å². The first-order valence-corrected chi connectivity index (χ1v) is 8.12. The van der Waals surface area contributed by atoms with Crippen LogP contribution >= 0.6 is 0 Å². The average Bonchev–Trinajstić information content (AvgIpc) is 2.88. The number of carbonyl (C=O) groups is 3. The summed E-state index contributed by atoms with van der Waals surface area (Å²) in [4.78, 5) is 39.4. The molecular formula is C16H23NO5. The molecule has 0 N–H and O–H groups in total. The van der Waals surface area contributed by atoms with Crippen LogP contribution in [-0.4, -0.2) is 54.0 Å². The van der Waals surface area contributed by atoms with Crippen LogP contribution in [0.5, 0.6) is 0 Å². The molecule has 1 spiro atoms. The second kappa shape index (κ2) is 5.33. The van der Waals surface area contributed by atoms with Crippen LogP contribution in [0.3, 0.4) is 0 Å². The van der Waals surface area contributed by atoms with E-state index in [9.17, 15) is 14.4 Å². The van der Waals surface area contributed by atoms with Crippen molar-refractivity contribution in [2.45, 2.75) is 57.6 Å². The zero-order chi connectivity index (χ0) is 16.0.